The van der Waals surface area contributed by atoms with Crippen LogP contribution in [0.4, 0.5) is 0 Å². The van der Waals surface area contributed by atoms with Gasteiger partial charge >= 0.3 is 0 Å². The van der Waals surface area contributed by atoms with Crippen molar-refractivity contribution in [2.24, 2.45) is 0 Å². The second kappa shape index (κ2) is 5.83. The minimum atomic E-state index is -3.50. The van der Waals surface area contributed by atoms with Crippen molar-refractivity contribution < 1.29 is 13.2 Å². The lowest BCUT2D eigenvalue weighted by Gasteiger charge is -2.33. The molecule has 1 heterocycles. The summed E-state index contributed by atoms with van der Waals surface area (Å²) in [5, 5.41) is 0. The van der Waals surface area contributed by atoms with Crippen LogP contribution in [0.15, 0.2) is 27.6 Å². The highest BCUT2D eigenvalue weighted by Crippen LogP contribution is 2.24. The molecule has 5 nitrogen and oxygen atoms in total. The van der Waals surface area contributed by atoms with Crippen molar-refractivity contribution in [3.05, 3.63) is 28.2 Å². The predicted molar refractivity (Wildman–Crippen MR) is 79.9 cm³/mol. The SMILES string of the molecule is CC(=O)N1CCN(S(=O)(=O)c2cc(Br)ccc2C)CC1. The summed E-state index contributed by atoms with van der Waals surface area (Å²) in [7, 11) is -3.50. The molecule has 0 bridgehead atoms. The zero-order valence-electron chi connectivity index (χ0n) is 11.5. The molecule has 1 aliphatic heterocycles. The largest absolute Gasteiger partial charge is 0.340 e. The third kappa shape index (κ3) is 3.05. The summed E-state index contributed by atoms with van der Waals surface area (Å²) in [6.45, 7) is 4.86. The van der Waals surface area contributed by atoms with E-state index in [1.54, 1.807) is 24.0 Å². The lowest BCUT2D eigenvalue weighted by molar-refractivity contribution is -0.129. The molecule has 1 aliphatic rings. The van der Waals surface area contributed by atoms with E-state index < -0.39 is 10.0 Å². The van der Waals surface area contributed by atoms with Crippen LogP contribution in [0.25, 0.3) is 0 Å². The van der Waals surface area contributed by atoms with Crippen molar-refractivity contribution in [3.8, 4) is 0 Å². The molecule has 0 spiro atoms. The number of carbonyl (C=O) groups is 1. The van der Waals surface area contributed by atoms with Crippen LogP contribution >= 0.6 is 15.9 Å². The van der Waals surface area contributed by atoms with Gasteiger partial charge in [-0.1, -0.05) is 22.0 Å². The summed E-state index contributed by atoms with van der Waals surface area (Å²) in [6.07, 6.45) is 0. The summed E-state index contributed by atoms with van der Waals surface area (Å²) < 4.78 is 27.5. The normalized spacial score (nSPS) is 17.2. The number of aryl methyl sites for hydroxylation is 1. The molecule has 0 N–H and O–H groups in total. The molecule has 0 aromatic heterocycles. The van der Waals surface area contributed by atoms with Crippen LogP contribution in [0.5, 0.6) is 0 Å². The topological polar surface area (TPSA) is 57.7 Å². The average molecular weight is 361 g/mol. The molecule has 0 aliphatic carbocycles. The number of carbonyl (C=O) groups excluding carboxylic acids is 1. The predicted octanol–water partition coefficient (Wildman–Crippen LogP) is 1.61. The van der Waals surface area contributed by atoms with Crippen LogP contribution in [0.1, 0.15) is 12.5 Å². The molecule has 110 valence electrons. The molecule has 0 atom stereocenters. The number of amides is 1. The first-order valence-electron chi connectivity index (χ1n) is 6.34. The van der Waals surface area contributed by atoms with Crippen LogP contribution in [-0.4, -0.2) is 49.7 Å². The van der Waals surface area contributed by atoms with Crippen molar-refractivity contribution in [2.45, 2.75) is 18.7 Å². The van der Waals surface area contributed by atoms with Crippen molar-refractivity contribution in [3.63, 3.8) is 0 Å². The van der Waals surface area contributed by atoms with E-state index in [9.17, 15) is 13.2 Å². The molecule has 1 aromatic rings. The lowest BCUT2D eigenvalue weighted by atomic mass is 10.2. The van der Waals surface area contributed by atoms with Crippen LogP contribution in [0.3, 0.4) is 0 Å². The highest BCUT2D eigenvalue weighted by molar-refractivity contribution is 9.10. The van der Waals surface area contributed by atoms with Gasteiger partial charge in [-0.05, 0) is 24.6 Å². The number of hydrogen-bond acceptors (Lipinski definition) is 3. The van der Waals surface area contributed by atoms with Crippen molar-refractivity contribution in [1.82, 2.24) is 9.21 Å². The Morgan fingerprint density at radius 2 is 1.80 bits per heavy atom. The summed E-state index contributed by atoms with van der Waals surface area (Å²) in [6, 6.07) is 5.23. The number of sulfonamides is 1. The highest BCUT2D eigenvalue weighted by Gasteiger charge is 2.30. The van der Waals surface area contributed by atoms with E-state index in [1.807, 2.05) is 6.07 Å². The van der Waals surface area contributed by atoms with Crippen molar-refractivity contribution in [2.75, 3.05) is 26.2 Å². The minimum Gasteiger partial charge on any atom is -0.340 e. The van der Waals surface area contributed by atoms with Crippen LogP contribution < -0.4 is 0 Å². The Morgan fingerprint density at radius 1 is 1.20 bits per heavy atom. The van der Waals surface area contributed by atoms with E-state index >= 15 is 0 Å². The Hall–Kier alpha value is -0.920. The molecule has 0 radical (unpaired) electrons. The second-order valence-corrected chi connectivity index (χ2v) is 7.64. The lowest BCUT2D eigenvalue weighted by Crippen LogP contribution is -2.50. The monoisotopic (exact) mass is 360 g/mol. The Bertz CT molecular complexity index is 623. The molecule has 0 unspecified atom stereocenters. The molecule has 0 saturated carbocycles. The van der Waals surface area contributed by atoms with E-state index in [1.165, 1.54) is 11.2 Å². The van der Waals surface area contributed by atoms with Crippen molar-refractivity contribution >= 4 is 31.9 Å². The summed E-state index contributed by atoms with van der Waals surface area (Å²) in [4.78, 5) is 13.3. The van der Waals surface area contributed by atoms with Crippen LogP contribution in [-0.2, 0) is 14.8 Å². The fourth-order valence-corrected chi connectivity index (χ4v) is 4.42. The van der Waals surface area contributed by atoms with Gasteiger partial charge in [0.25, 0.3) is 0 Å². The Labute approximate surface area is 127 Å². The standard InChI is InChI=1S/C13H17BrN2O3S/c1-10-3-4-12(14)9-13(10)20(18,19)16-7-5-15(6-8-16)11(2)17/h3-4,9H,5-8H2,1-2H3. The molecule has 1 aromatic carbocycles. The first kappa shape index (κ1) is 15.5. The number of hydrogen-bond donors (Lipinski definition) is 0. The van der Waals surface area contributed by atoms with Gasteiger partial charge in [-0.3, -0.25) is 4.79 Å². The van der Waals surface area contributed by atoms with E-state index in [0.717, 1.165) is 10.0 Å². The van der Waals surface area contributed by atoms with E-state index in [2.05, 4.69) is 15.9 Å². The molecular weight excluding hydrogens is 344 g/mol. The average Bonchev–Trinajstić information content (AvgIpc) is 2.41. The maximum atomic E-state index is 12.6. The van der Waals surface area contributed by atoms with E-state index in [0.29, 0.717) is 31.1 Å². The highest BCUT2D eigenvalue weighted by atomic mass is 79.9. The van der Waals surface area contributed by atoms with E-state index in [-0.39, 0.29) is 5.91 Å². The fraction of sp³-hybridized carbons (Fsp3) is 0.462. The molecular formula is C13H17BrN2O3S. The molecule has 1 amide bonds. The molecule has 1 saturated heterocycles. The van der Waals surface area contributed by atoms with Crippen LogP contribution in [0.2, 0.25) is 0 Å². The van der Waals surface area contributed by atoms with Gasteiger partial charge in [-0.2, -0.15) is 4.31 Å². The minimum absolute atomic E-state index is 0.0133. The van der Waals surface area contributed by atoms with Gasteiger partial charge in [0.05, 0.1) is 4.90 Å². The maximum absolute atomic E-state index is 12.6. The maximum Gasteiger partial charge on any atom is 0.243 e. The molecule has 20 heavy (non-hydrogen) atoms. The number of rotatable bonds is 2. The van der Waals surface area contributed by atoms with Gasteiger partial charge in [-0.15, -0.1) is 0 Å². The van der Waals surface area contributed by atoms with Crippen LogP contribution in [0, 0.1) is 6.92 Å². The smallest absolute Gasteiger partial charge is 0.243 e. The van der Waals surface area contributed by atoms with E-state index in [4.69, 9.17) is 0 Å². The van der Waals surface area contributed by atoms with Gasteiger partial charge in [0, 0.05) is 37.6 Å². The third-order valence-corrected chi connectivity index (χ3v) is 5.99. The quantitative estimate of drug-likeness (QED) is 0.804. The number of piperazine rings is 1. The summed E-state index contributed by atoms with van der Waals surface area (Å²) >= 11 is 3.31. The van der Waals surface area contributed by atoms with Gasteiger partial charge in [0.15, 0.2) is 0 Å². The van der Waals surface area contributed by atoms with Gasteiger partial charge in [0.1, 0.15) is 0 Å². The molecule has 2 rings (SSSR count). The van der Waals surface area contributed by atoms with Gasteiger partial charge in [-0.25, -0.2) is 8.42 Å². The fourth-order valence-electron chi connectivity index (χ4n) is 2.23. The number of benzene rings is 1. The number of halogens is 1. The third-order valence-electron chi connectivity index (χ3n) is 3.45. The van der Waals surface area contributed by atoms with Gasteiger partial charge in [0.2, 0.25) is 15.9 Å². The summed E-state index contributed by atoms with van der Waals surface area (Å²) in [5.41, 5.74) is 0.724. The number of nitrogens with zero attached hydrogens (tertiary/aromatic N) is 2. The van der Waals surface area contributed by atoms with Crippen molar-refractivity contribution in [1.29, 1.82) is 0 Å². The molecule has 7 heteroatoms. The molecule has 1 fully saturated rings. The second-order valence-electron chi connectivity index (χ2n) is 4.82. The Morgan fingerprint density at radius 3 is 2.35 bits per heavy atom. The first-order valence-corrected chi connectivity index (χ1v) is 8.57. The Kier molecular flexibility index (Phi) is 4.51. The summed E-state index contributed by atoms with van der Waals surface area (Å²) in [5.74, 6) is -0.0133. The Balaban J connectivity index is 2.24. The zero-order chi connectivity index (χ0) is 14.9. The van der Waals surface area contributed by atoms with Gasteiger partial charge < -0.3 is 4.90 Å². The first-order chi connectivity index (χ1) is 9.32. The zero-order valence-corrected chi connectivity index (χ0v) is 13.9.